The van der Waals surface area contributed by atoms with Crippen LogP contribution in [0.25, 0.3) is 5.69 Å². The lowest BCUT2D eigenvalue weighted by molar-refractivity contribution is 0.204. The second kappa shape index (κ2) is 6.56. The van der Waals surface area contributed by atoms with E-state index >= 15 is 0 Å². The first kappa shape index (κ1) is 13.9. The highest BCUT2D eigenvalue weighted by molar-refractivity contribution is 7.99. The number of aromatic nitrogens is 3. The van der Waals surface area contributed by atoms with Gasteiger partial charge < -0.3 is 5.11 Å². The highest BCUT2D eigenvalue weighted by Gasteiger charge is 2.12. The maximum absolute atomic E-state index is 10.2. The molecule has 0 spiro atoms. The Morgan fingerprint density at radius 2 is 1.67 bits per heavy atom. The van der Waals surface area contributed by atoms with E-state index in [2.05, 4.69) is 10.2 Å². The fourth-order valence-electron chi connectivity index (χ4n) is 2.01. The van der Waals surface area contributed by atoms with E-state index in [0.717, 1.165) is 16.4 Å². The van der Waals surface area contributed by atoms with Crippen LogP contribution in [0.2, 0.25) is 0 Å². The highest BCUT2D eigenvalue weighted by Crippen LogP contribution is 2.24. The summed E-state index contributed by atoms with van der Waals surface area (Å²) in [5.41, 5.74) is 1.93. The second-order valence-electron chi connectivity index (χ2n) is 4.56. The van der Waals surface area contributed by atoms with Crippen molar-refractivity contribution in [3.8, 4) is 5.69 Å². The number of para-hydroxylation sites is 1. The summed E-state index contributed by atoms with van der Waals surface area (Å²) in [6.45, 7) is 0. The van der Waals surface area contributed by atoms with Gasteiger partial charge in [0.05, 0.1) is 6.10 Å². The van der Waals surface area contributed by atoms with Crippen LogP contribution in [0.3, 0.4) is 0 Å². The van der Waals surface area contributed by atoms with Crippen molar-refractivity contribution >= 4 is 11.8 Å². The molecule has 1 heterocycles. The molecule has 0 aliphatic carbocycles. The van der Waals surface area contributed by atoms with Crippen LogP contribution in [0.5, 0.6) is 0 Å². The molecule has 1 atom stereocenters. The lowest BCUT2D eigenvalue weighted by Crippen LogP contribution is -2.02. The van der Waals surface area contributed by atoms with Gasteiger partial charge in [0, 0.05) is 11.4 Å². The number of aliphatic hydroxyl groups excluding tert-OH is 1. The Hall–Kier alpha value is -2.11. The minimum atomic E-state index is -0.517. The quantitative estimate of drug-likeness (QED) is 0.735. The van der Waals surface area contributed by atoms with Crippen LogP contribution in [0, 0.1) is 0 Å². The SMILES string of the molecule is O[C@H](CSc1nncn1-c1ccccc1)c1ccccc1. The summed E-state index contributed by atoms with van der Waals surface area (Å²) in [4.78, 5) is 0. The van der Waals surface area contributed by atoms with Crippen LogP contribution in [-0.4, -0.2) is 25.6 Å². The van der Waals surface area contributed by atoms with Gasteiger partial charge in [0.1, 0.15) is 6.33 Å². The van der Waals surface area contributed by atoms with Gasteiger partial charge in [0.15, 0.2) is 5.16 Å². The molecule has 21 heavy (non-hydrogen) atoms. The normalized spacial score (nSPS) is 12.2. The molecule has 1 aromatic heterocycles. The van der Waals surface area contributed by atoms with Gasteiger partial charge in [-0.15, -0.1) is 10.2 Å². The first-order valence-corrected chi connectivity index (χ1v) is 7.64. The highest BCUT2D eigenvalue weighted by atomic mass is 32.2. The second-order valence-corrected chi connectivity index (χ2v) is 5.54. The molecule has 2 aromatic carbocycles. The third-order valence-electron chi connectivity index (χ3n) is 3.11. The van der Waals surface area contributed by atoms with Crippen molar-refractivity contribution in [2.24, 2.45) is 0 Å². The molecule has 0 bridgehead atoms. The van der Waals surface area contributed by atoms with Crippen LogP contribution < -0.4 is 0 Å². The Bertz CT molecular complexity index is 685. The molecule has 0 amide bonds. The lowest BCUT2D eigenvalue weighted by atomic mass is 10.1. The molecule has 1 N–H and O–H groups in total. The fraction of sp³-hybridized carbons (Fsp3) is 0.125. The third-order valence-corrected chi connectivity index (χ3v) is 4.12. The van der Waals surface area contributed by atoms with E-state index < -0.39 is 6.10 Å². The number of rotatable bonds is 5. The zero-order chi connectivity index (χ0) is 14.5. The number of hydrogen-bond donors (Lipinski definition) is 1. The van der Waals surface area contributed by atoms with E-state index in [1.807, 2.05) is 65.2 Å². The van der Waals surface area contributed by atoms with Crippen LogP contribution in [0.15, 0.2) is 72.1 Å². The van der Waals surface area contributed by atoms with Gasteiger partial charge in [-0.3, -0.25) is 4.57 Å². The van der Waals surface area contributed by atoms with Gasteiger partial charge in [-0.05, 0) is 17.7 Å². The smallest absolute Gasteiger partial charge is 0.195 e. The molecule has 0 radical (unpaired) electrons. The van der Waals surface area contributed by atoms with Crippen LogP contribution in [-0.2, 0) is 0 Å². The summed E-state index contributed by atoms with van der Waals surface area (Å²) >= 11 is 1.49. The van der Waals surface area contributed by atoms with E-state index in [1.54, 1.807) is 6.33 Å². The Morgan fingerprint density at radius 3 is 2.38 bits per heavy atom. The molecule has 0 aliphatic heterocycles. The molecule has 0 saturated heterocycles. The number of nitrogens with zero attached hydrogens (tertiary/aromatic N) is 3. The molecular formula is C16H15N3OS. The third kappa shape index (κ3) is 3.32. The van der Waals surface area contributed by atoms with Gasteiger partial charge in [-0.25, -0.2) is 0 Å². The van der Waals surface area contributed by atoms with E-state index in [-0.39, 0.29) is 0 Å². The van der Waals surface area contributed by atoms with Crippen molar-refractivity contribution in [2.75, 3.05) is 5.75 Å². The molecule has 0 aliphatic rings. The van der Waals surface area contributed by atoms with Crippen LogP contribution >= 0.6 is 11.8 Å². The summed E-state index contributed by atoms with van der Waals surface area (Å²) in [6.07, 6.45) is 1.17. The molecule has 3 rings (SSSR count). The number of thioether (sulfide) groups is 1. The largest absolute Gasteiger partial charge is 0.388 e. The Labute approximate surface area is 127 Å². The Balaban J connectivity index is 1.71. The Morgan fingerprint density at radius 1 is 1.00 bits per heavy atom. The maximum Gasteiger partial charge on any atom is 0.195 e. The number of hydrogen-bond acceptors (Lipinski definition) is 4. The van der Waals surface area contributed by atoms with E-state index in [9.17, 15) is 5.11 Å². The van der Waals surface area contributed by atoms with Crippen LogP contribution in [0.4, 0.5) is 0 Å². The van der Waals surface area contributed by atoms with Gasteiger partial charge in [-0.1, -0.05) is 60.3 Å². The van der Waals surface area contributed by atoms with Crippen molar-refractivity contribution < 1.29 is 5.11 Å². The van der Waals surface area contributed by atoms with Crippen molar-refractivity contribution in [1.29, 1.82) is 0 Å². The van der Waals surface area contributed by atoms with E-state index in [0.29, 0.717) is 5.75 Å². The summed E-state index contributed by atoms with van der Waals surface area (Å²) in [5, 5.41) is 19.1. The van der Waals surface area contributed by atoms with Crippen LogP contribution in [0.1, 0.15) is 11.7 Å². The minimum Gasteiger partial charge on any atom is -0.388 e. The molecule has 4 nitrogen and oxygen atoms in total. The first-order chi connectivity index (χ1) is 10.3. The molecule has 106 valence electrons. The zero-order valence-corrected chi connectivity index (χ0v) is 12.1. The minimum absolute atomic E-state index is 0.517. The van der Waals surface area contributed by atoms with Crippen molar-refractivity contribution in [2.45, 2.75) is 11.3 Å². The van der Waals surface area contributed by atoms with Crippen molar-refractivity contribution in [3.05, 3.63) is 72.6 Å². The average molecular weight is 297 g/mol. The number of aliphatic hydroxyl groups is 1. The predicted molar refractivity (Wildman–Crippen MR) is 83.5 cm³/mol. The zero-order valence-electron chi connectivity index (χ0n) is 11.3. The molecule has 5 heteroatoms. The molecule has 0 saturated carbocycles. The maximum atomic E-state index is 10.2. The van der Waals surface area contributed by atoms with Gasteiger partial charge in [-0.2, -0.15) is 0 Å². The molecule has 3 aromatic rings. The topological polar surface area (TPSA) is 50.9 Å². The lowest BCUT2D eigenvalue weighted by Gasteiger charge is -2.11. The van der Waals surface area contributed by atoms with E-state index in [4.69, 9.17) is 0 Å². The molecule has 0 fully saturated rings. The Kier molecular flexibility index (Phi) is 4.33. The predicted octanol–water partition coefficient (Wildman–Crippen LogP) is 3.09. The summed E-state index contributed by atoms with van der Waals surface area (Å²) in [6, 6.07) is 19.6. The summed E-state index contributed by atoms with van der Waals surface area (Å²) < 4.78 is 1.92. The standard InChI is InChI=1S/C16H15N3OS/c20-15(13-7-3-1-4-8-13)11-21-16-18-17-12-19(16)14-9-5-2-6-10-14/h1-10,12,15,20H,11H2/t15-/m1/s1. The van der Waals surface area contributed by atoms with Crippen molar-refractivity contribution in [3.63, 3.8) is 0 Å². The van der Waals surface area contributed by atoms with Crippen molar-refractivity contribution in [1.82, 2.24) is 14.8 Å². The monoisotopic (exact) mass is 297 g/mol. The molecular weight excluding hydrogens is 282 g/mol. The first-order valence-electron chi connectivity index (χ1n) is 6.66. The average Bonchev–Trinajstić information content (AvgIpc) is 3.03. The summed E-state index contributed by atoms with van der Waals surface area (Å²) in [5.74, 6) is 0.537. The number of benzene rings is 2. The summed E-state index contributed by atoms with van der Waals surface area (Å²) in [7, 11) is 0. The van der Waals surface area contributed by atoms with E-state index in [1.165, 1.54) is 11.8 Å². The fourth-order valence-corrected chi connectivity index (χ4v) is 2.91. The molecule has 0 unspecified atom stereocenters. The van der Waals surface area contributed by atoms with Gasteiger partial charge in [0.2, 0.25) is 0 Å². The van der Waals surface area contributed by atoms with Gasteiger partial charge >= 0.3 is 0 Å². The van der Waals surface area contributed by atoms with Gasteiger partial charge in [0.25, 0.3) is 0 Å².